The third-order valence-electron chi connectivity index (χ3n) is 7.01. The topological polar surface area (TPSA) is 177 Å². The van der Waals surface area contributed by atoms with E-state index >= 15 is 0 Å². The molecule has 4 rings (SSSR count). The summed E-state index contributed by atoms with van der Waals surface area (Å²) in [6.07, 6.45) is 1.77. The number of aliphatic hydroxyl groups excluding tert-OH is 2. The summed E-state index contributed by atoms with van der Waals surface area (Å²) in [4.78, 5) is 46.4. The van der Waals surface area contributed by atoms with Crippen LogP contribution >= 0.6 is 0 Å². The average molecular weight is 485 g/mol. The lowest BCUT2D eigenvalue weighted by molar-refractivity contribution is -0.153. The van der Waals surface area contributed by atoms with Crippen LogP contribution in [-0.2, 0) is 20.8 Å². The quantitative estimate of drug-likeness (QED) is 0.227. The van der Waals surface area contributed by atoms with E-state index in [9.17, 15) is 34.8 Å². The summed E-state index contributed by atoms with van der Waals surface area (Å²) in [6.45, 7) is 0. The third-order valence-corrected chi connectivity index (χ3v) is 7.01. The van der Waals surface area contributed by atoms with Gasteiger partial charge in [0.2, 0.25) is 5.78 Å². The SMILES string of the molecule is CN(C)C=Nc1ccc(O)c2c1C[C@H]1C[C@H]3[C@@H](N(C)C)C(=O)C(C(N)=O)=C(O)[C@@]3(O)C(=O)C1=C2O. The number of aromatic hydroxyl groups is 1. The summed E-state index contributed by atoms with van der Waals surface area (Å²) in [5.41, 5.74) is 2.63. The van der Waals surface area contributed by atoms with Gasteiger partial charge in [0.1, 0.15) is 22.8 Å². The van der Waals surface area contributed by atoms with Crippen LogP contribution in [0.15, 0.2) is 34.0 Å². The summed E-state index contributed by atoms with van der Waals surface area (Å²) in [6, 6.07) is 1.81. The molecule has 1 aromatic carbocycles. The zero-order valence-electron chi connectivity index (χ0n) is 19.8. The summed E-state index contributed by atoms with van der Waals surface area (Å²) in [5.74, 6) is -6.79. The Morgan fingerprint density at radius 1 is 1.17 bits per heavy atom. The second kappa shape index (κ2) is 8.21. The summed E-state index contributed by atoms with van der Waals surface area (Å²) in [7, 11) is 6.68. The van der Waals surface area contributed by atoms with Gasteiger partial charge in [0.25, 0.3) is 5.91 Å². The fraction of sp³-hybridized carbons (Fsp3) is 0.417. The number of aliphatic hydroxyl groups is 3. The van der Waals surface area contributed by atoms with Gasteiger partial charge >= 0.3 is 0 Å². The Labute approximate surface area is 201 Å². The third kappa shape index (κ3) is 3.41. The number of aliphatic imine (C=N–C) groups is 1. The predicted octanol–water partition coefficient (Wildman–Crippen LogP) is 0.185. The Morgan fingerprint density at radius 3 is 2.40 bits per heavy atom. The molecule has 1 aromatic rings. The first-order valence-electron chi connectivity index (χ1n) is 11.0. The summed E-state index contributed by atoms with van der Waals surface area (Å²) < 4.78 is 0. The first kappa shape index (κ1) is 24.4. The monoisotopic (exact) mass is 484 g/mol. The normalized spacial score (nSPS) is 28.3. The molecule has 0 radical (unpaired) electrons. The van der Waals surface area contributed by atoms with Crippen LogP contribution in [0.5, 0.6) is 5.75 Å². The summed E-state index contributed by atoms with van der Waals surface area (Å²) >= 11 is 0. The van der Waals surface area contributed by atoms with E-state index in [1.807, 2.05) is 0 Å². The minimum Gasteiger partial charge on any atom is -0.508 e. The van der Waals surface area contributed by atoms with Crippen molar-refractivity contribution in [1.82, 2.24) is 9.80 Å². The van der Waals surface area contributed by atoms with Gasteiger partial charge in [0.15, 0.2) is 11.4 Å². The first-order valence-corrected chi connectivity index (χ1v) is 11.0. The average Bonchev–Trinajstić information content (AvgIpc) is 2.75. The van der Waals surface area contributed by atoms with Crippen molar-refractivity contribution in [2.45, 2.75) is 24.5 Å². The Kier molecular flexibility index (Phi) is 5.73. The van der Waals surface area contributed by atoms with Crippen LogP contribution < -0.4 is 5.73 Å². The molecular weight excluding hydrogens is 456 g/mol. The van der Waals surface area contributed by atoms with E-state index in [0.29, 0.717) is 11.3 Å². The molecule has 3 aliphatic carbocycles. The van der Waals surface area contributed by atoms with E-state index in [4.69, 9.17) is 5.73 Å². The van der Waals surface area contributed by atoms with Crippen LogP contribution in [0.2, 0.25) is 0 Å². The molecule has 0 spiro atoms. The molecule has 0 unspecified atom stereocenters. The van der Waals surface area contributed by atoms with Gasteiger partial charge in [-0.15, -0.1) is 0 Å². The maximum absolute atomic E-state index is 13.7. The Balaban J connectivity index is 1.96. The van der Waals surface area contributed by atoms with Gasteiger partial charge < -0.3 is 31.1 Å². The standard InChI is InChI=1S/C24H28N4O7/c1-27(2)9-26-13-5-6-14(29)16-11(13)7-10-8-12-18(28(3)4)20(31)17(23(25)34)22(33)24(12,35)21(32)15(10)19(16)30/h5-6,9-10,12,18,29-30,33,35H,7-8H2,1-4H3,(H2,25,34)/t10-,12-,18+,24-/m0/s1. The molecular formula is C24H28N4O7. The number of carbonyl (C=O) groups is 3. The van der Waals surface area contributed by atoms with Crippen molar-refractivity contribution in [3.05, 3.63) is 40.2 Å². The van der Waals surface area contributed by atoms with Crippen molar-refractivity contribution in [2.24, 2.45) is 22.6 Å². The lowest BCUT2D eigenvalue weighted by Crippen LogP contribution is -2.65. The lowest BCUT2D eigenvalue weighted by atomic mass is 9.57. The number of rotatable bonds is 4. The van der Waals surface area contributed by atoms with E-state index < -0.39 is 58.0 Å². The number of nitrogens with zero attached hydrogens (tertiary/aromatic N) is 3. The first-order chi connectivity index (χ1) is 16.3. The molecule has 4 atom stereocenters. The van der Waals surface area contributed by atoms with Crippen LogP contribution in [0, 0.1) is 11.8 Å². The van der Waals surface area contributed by atoms with Crippen molar-refractivity contribution < 1.29 is 34.8 Å². The van der Waals surface area contributed by atoms with Crippen LogP contribution in [0.4, 0.5) is 5.69 Å². The highest BCUT2D eigenvalue weighted by molar-refractivity contribution is 6.24. The van der Waals surface area contributed by atoms with Gasteiger partial charge in [-0.2, -0.15) is 0 Å². The van der Waals surface area contributed by atoms with Crippen molar-refractivity contribution in [2.75, 3.05) is 28.2 Å². The molecule has 0 heterocycles. The van der Waals surface area contributed by atoms with Crippen molar-refractivity contribution in [1.29, 1.82) is 0 Å². The van der Waals surface area contributed by atoms with Crippen LogP contribution in [0.25, 0.3) is 5.76 Å². The number of nitrogens with two attached hydrogens (primary N) is 1. The lowest BCUT2D eigenvalue weighted by Gasteiger charge is -2.50. The molecule has 1 amide bonds. The van der Waals surface area contributed by atoms with Gasteiger partial charge in [-0.3, -0.25) is 19.3 Å². The summed E-state index contributed by atoms with van der Waals surface area (Å²) in [5, 5.41) is 44.1. The maximum atomic E-state index is 13.7. The molecule has 1 fully saturated rings. The molecule has 0 aromatic heterocycles. The number of benzene rings is 1. The van der Waals surface area contributed by atoms with E-state index in [-0.39, 0.29) is 29.7 Å². The number of phenolic OH excluding ortho intramolecular Hbond substituents is 1. The van der Waals surface area contributed by atoms with Gasteiger partial charge in [-0.05, 0) is 50.6 Å². The van der Waals surface area contributed by atoms with E-state index in [1.165, 1.54) is 11.0 Å². The second-order valence-electron chi connectivity index (χ2n) is 9.63. The van der Waals surface area contributed by atoms with Gasteiger partial charge in [0, 0.05) is 25.6 Å². The zero-order valence-corrected chi connectivity index (χ0v) is 19.8. The molecule has 6 N–H and O–H groups in total. The van der Waals surface area contributed by atoms with Crippen molar-refractivity contribution >= 4 is 35.3 Å². The van der Waals surface area contributed by atoms with Crippen molar-refractivity contribution in [3.8, 4) is 5.75 Å². The van der Waals surface area contributed by atoms with Crippen LogP contribution in [0.3, 0.4) is 0 Å². The van der Waals surface area contributed by atoms with E-state index in [1.54, 1.807) is 45.5 Å². The Hall–Kier alpha value is -3.70. The number of Topliss-reactive ketones (excluding diaryl/α,β-unsaturated/α-hetero) is 2. The molecule has 0 aliphatic heterocycles. The highest BCUT2D eigenvalue weighted by atomic mass is 16.3. The van der Waals surface area contributed by atoms with E-state index in [0.717, 1.165) is 0 Å². The number of hydrogen-bond donors (Lipinski definition) is 5. The minimum absolute atomic E-state index is 0.00898. The number of carbonyl (C=O) groups excluding carboxylic acids is 3. The molecule has 186 valence electrons. The molecule has 11 heteroatoms. The molecule has 0 saturated heterocycles. The molecule has 11 nitrogen and oxygen atoms in total. The highest BCUT2D eigenvalue weighted by Gasteiger charge is 2.64. The molecule has 35 heavy (non-hydrogen) atoms. The number of hydrogen-bond acceptors (Lipinski definition) is 9. The zero-order chi connectivity index (χ0) is 26.0. The number of fused-ring (bicyclic) bond motifs is 3. The fourth-order valence-electron chi connectivity index (χ4n) is 5.53. The number of phenols is 1. The number of primary amides is 1. The highest BCUT2D eigenvalue weighted by Crippen LogP contribution is 2.53. The van der Waals surface area contributed by atoms with Crippen molar-refractivity contribution in [3.63, 3.8) is 0 Å². The smallest absolute Gasteiger partial charge is 0.255 e. The molecule has 1 saturated carbocycles. The predicted molar refractivity (Wildman–Crippen MR) is 126 cm³/mol. The van der Waals surface area contributed by atoms with Gasteiger partial charge in [-0.25, -0.2) is 4.99 Å². The number of ketones is 2. The van der Waals surface area contributed by atoms with Gasteiger partial charge in [0.05, 0.1) is 23.6 Å². The Morgan fingerprint density at radius 2 is 1.83 bits per heavy atom. The minimum atomic E-state index is -2.65. The maximum Gasteiger partial charge on any atom is 0.255 e. The fourth-order valence-corrected chi connectivity index (χ4v) is 5.53. The van der Waals surface area contributed by atoms with Crippen LogP contribution in [0.1, 0.15) is 17.5 Å². The second-order valence-corrected chi connectivity index (χ2v) is 9.63. The number of amides is 1. The number of likely N-dealkylation sites (N-methyl/N-ethyl adjacent to an activating group) is 1. The largest absolute Gasteiger partial charge is 0.508 e. The Bertz CT molecular complexity index is 1250. The van der Waals surface area contributed by atoms with Gasteiger partial charge in [-0.1, -0.05) is 0 Å². The molecule has 0 bridgehead atoms. The van der Waals surface area contributed by atoms with E-state index in [2.05, 4.69) is 4.99 Å². The molecule has 3 aliphatic rings. The van der Waals surface area contributed by atoms with Crippen LogP contribution in [-0.4, -0.2) is 93.9 Å².